The highest BCUT2D eigenvalue weighted by molar-refractivity contribution is 5.91. The van der Waals surface area contributed by atoms with Gasteiger partial charge >= 0.3 is 6.09 Å². The first-order chi connectivity index (χ1) is 11.6. The van der Waals surface area contributed by atoms with E-state index in [1.165, 1.54) is 13.0 Å². The first-order valence-electron chi connectivity index (χ1n) is 8.57. The number of pyridine rings is 1. The van der Waals surface area contributed by atoms with Gasteiger partial charge < -0.3 is 14.8 Å². The third-order valence-corrected chi connectivity index (χ3v) is 1.97. The molecule has 0 aliphatic heterocycles. The van der Waals surface area contributed by atoms with Crippen molar-refractivity contribution in [2.45, 2.75) is 40.1 Å². The highest BCUT2D eigenvalue weighted by Crippen LogP contribution is 2.26. The maximum absolute atomic E-state index is 12.0. The van der Waals surface area contributed by atoms with Gasteiger partial charge in [0.15, 0.2) is 5.75 Å². The first-order valence-corrected chi connectivity index (χ1v) is 6.07. The van der Waals surface area contributed by atoms with Crippen LogP contribution in [-0.4, -0.2) is 29.1 Å². The van der Waals surface area contributed by atoms with Crippen molar-refractivity contribution in [2.24, 2.45) is 0 Å². The summed E-state index contributed by atoms with van der Waals surface area (Å²) in [5, 5.41) is 4.71. The Labute approximate surface area is 131 Å². The Morgan fingerprint density at radius 3 is 2.71 bits per heavy atom. The van der Waals surface area contributed by atoms with Crippen LogP contribution in [0.4, 0.5) is 16.3 Å². The zero-order valence-electron chi connectivity index (χ0n) is 17.2. The quantitative estimate of drug-likeness (QED) is 0.892. The maximum Gasteiger partial charge on any atom is 0.412 e. The van der Waals surface area contributed by atoms with Gasteiger partial charge in [0.2, 0.25) is 5.91 Å². The second-order valence-electron chi connectivity index (χ2n) is 5.08. The lowest BCUT2D eigenvalue weighted by molar-refractivity contribution is -0.114. The molecule has 2 N–H and O–H groups in total. The molecule has 116 valence electrons. The number of nitrogens with zero attached hydrogens (tertiary/aromatic N) is 1. The Kier molecular flexibility index (Phi) is 3.43. The van der Waals surface area contributed by atoms with Gasteiger partial charge in [0.1, 0.15) is 11.4 Å². The van der Waals surface area contributed by atoms with E-state index in [4.69, 9.17) is 16.3 Å². The lowest BCUT2D eigenvalue weighted by Gasteiger charge is -2.20. The highest BCUT2D eigenvalue weighted by atomic mass is 16.6. The van der Waals surface area contributed by atoms with E-state index in [-0.39, 0.29) is 17.3 Å². The van der Waals surface area contributed by atoms with Crippen LogP contribution in [0.25, 0.3) is 0 Å². The summed E-state index contributed by atoms with van der Waals surface area (Å²) < 4.78 is 46.7. The van der Waals surface area contributed by atoms with Crippen LogP contribution in [0.1, 0.15) is 41.4 Å². The second kappa shape index (κ2) is 6.92. The average molecular weight is 300 g/mol. The van der Waals surface area contributed by atoms with E-state index in [9.17, 15) is 9.59 Å². The third-order valence-electron chi connectivity index (χ3n) is 1.97. The number of hydrogen-bond acceptors (Lipinski definition) is 5. The highest BCUT2D eigenvalue weighted by Gasteiger charge is 2.18. The normalized spacial score (nSPS) is 15.5. The third kappa shape index (κ3) is 6.11. The topological polar surface area (TPSA) is 89.5 Å². The van der Waals surface area contributed by atoms with Crippen LogP contribution in [0.5, 0.6) is 5.75 Å². The summed E-state index contributed by atoms with van der Waals surface area (Å²) in [5.41, 5.74) is -0.919. The molecule has 1 heterocycles. The fourth-order valence-electron chi connectivity index (χ4n) is 1.34. The summed E-state index contributed by atoms with van der Waals surface area (Å²) in [6.07, 6.45) is 0.110. The Morgan fingerprint density at radius 2 is 2.14 bits per heavy atom. The van der Waals surface area contributed by atoms with Gasteiger partial charge in [-0.3, -0.25) is 10.1 Å². The fraction of sp³-hybridized carbons (Fsp3) is 0.500. The van der Waals surface area contributed by atoms with Gasteiger partial charge in [-0.25, -0.2) is 9.78 Å². The van der Waals surface area contributed by atoms with E-state index in [1.807, 2.05) is 0 Å². The summed E-state index contributed by atoms with van der Waals surface area (Å²) in [4.78, 5) is 27.0. The van der Waals surface area contributed by atoms with Crippen molar-refractivity contribution in [1.82, 2.24) is 4.98 Å². The second-order valence-corrected chi connectivity index (χ2v) is 5.08. The van der Waals surface area contributed by atoms with E-state index in [0.717, 1.165) is 6.20 Å². The Bertz CT molecular complexity index is 686. The van der Waals surface area contributed by atoms with Crippen molar-refractivity contribution in [2.75, 3.05) is 17.2 Å². The van der Waals surface area contributed by atoms with Crippen LogP contribution < -0.4 is 15.4 Å². The number of ether oxygens (including phenoxy) is 2. The number of amides is 2. The van der Waals surface area contributed by atoms with Gasteiger partial charge in [-0.05, 0) is 27.6 Å². The largest absolute Gasteiger partial charge is 0.490 e. The number of hydrogen-bond donors (Lipinski definition) is 2. The fourth-order valence-corrected chi connectivity index (χ4v) is 1.34. The number of anilines is 2. The van der Waals surface area contributed by atoms with E-state index in [2.05, 4.69) is 15.6 Å². The summed E-state index contributed by atoms with van der Waals surface area (Å²) in [5.74, 6) is -0.719. The molecule has 0 radical (unpaired) electrons. The van der Waals surface area contributed by atoms with Gasteiger partial charge in [-0.15, -0.1) is 0 Å². The number of aromatic nitrogens is 1. The molecule has 0 atom stereocenters. The van der Waals surface area contributed by atoms with Crippen molar-refractivity contribution in [1.29, 1.82) is 0 Å². The van der Waals surface area contributed by atoms with Crippen molar-refractivity contribution in [3.63, 3.8) is 0 Å². The van der Waals surface area contributed by atoms with Crippen LogP contribution >= 0.6 is 0 Å². The van der Waals surface area contributed by atoms with Crippen molar-refractivity contribution >= 4 is 23.5 Å². The number of rotatable bonds is 4. The molecule has 21 heavy (non-hydrogen) atoms. The number of carbonyl (C=O) groups excluding carboxylic acids is 2. The van der Waals surface area contributed by atoms with Crippen LogP contribution in [0.2, 0.25) is 0 Å². The summed E-state index contributed by atoms with van der Waals surface area (Å²) in [6.45, 7) is 0.0764. The molecule has 0 saturated heterocycles. The van der Waals surface area contributed by atoms with E-state index in [1.54, 1.807) is 20.8 Å². The molecule has 0 aliphatic carbocycles. The molecule has 0 unspecified atom stereocenters. The lowest BCUT2D eigenvalue weighted by Crippen LogP contribution is -2.27. The molecule has 0 bridgehead atoms. The van der Waals surface area contributed by atoms with Crippen LogP contribution in [0.3, 0.4) is 0 Å². The standard InChI is InChI=1S/C14H21N3O4/c1-6-20-11-8-15-12(16-9(2)18)7-10(11)17-13(19)21-14(3,4)5/h7-8H,6H2,1-5H3,(H2,15,16,17,18,19)/i1D3,6D2. The van der Waals surface area contributed by atoms with Gasteiger partial charge in [0.25, 0.3) is 0 Å². The molecule has 0 fully saturated rings. The molecule has 1 aromatic rings. The zero-order valence-corrected chi connectivity index (χ0v) is 12.2. The van der Waals surface area contributed by atoms with Gasteiger partial charge in [-0.2, -0.15) is 0 Å². The smallest absolute Gasteiger partial charge is 0.412 e. The van der Waals surface area contributed by atoms with Gasteiger partial charge in [0, 0.05) is 17.1 Å². The predicted molar refractivity (Wildman–Crippen MR) is 79.6 cm³/mol. The summed E-state index contributed by atoms with van der Waals surface area (Å²) in [6, 6.07) is 1.19. The van der Waals surface area contributed by atoms with E-state index < -0.39 is 31.0 Å². The molecule has 0 aromatic carbocycles. The minimum Gasteiger partial charge on any atom is -0.490 e. The summed E-state index contributed by atoms with van der Waals surface area (Å²) in [7, 11) is 0. The van der Waals surface area contributed by atoms with Crippen LogP contribution in [0.15, 0.2) is 12.3 Å². The lowest BCUT2D eigenvalue weighted by atomic mass is 10.2. The maximum atomic E-state index is 12.0. The van der Waals surface area contributed by atoms with Gasteiger partial charge in [0.05, 0.1) is 21.2 Å². The molecule has 0 spiro atoms. The van der Waals surface area contributed by atoms with Gasteiger partial charge in [-0.1, -0.05) is 0 Å². The SMILES string of the molecule is [2H]C([2H])([2H])C([2H])([2H])Oc1cnc(NC(C)=O)cc1NC(=O)OC(C)(C)C. The van der Waals surface area contributed by atoms with Crippen molar-refractivity contribution in [3.8, 4) is 5.75 Å². The summed E-state index contributed by atoms with van der Waals surface area (Å²) >= 11 is 0. The van der Waals surface area contributed by atoms with Crippen LogP contribution in [-0.2, 0) is 9.53 Å². The monoisotopic (exact) mass is 300 g/mol. The zero-order chi connectivity index (χ0) is 20.3. The van der Waals surface area contributed by atoms with E-state index >= 15 is 0 Å². The molecule has 1 aromatic heterocycles. The molecule has 0 aliphatic rings. The molecule has 0 saturated carbocycles. The minimum atomic E-state index is -3.08. The Balaban J connectivity index is 3.20. The molecule has 7 nitrogen and oxygen atoms in total. The minimum absolute atomic E-state index is 0.0466. The molecule has 1 rings (SSSR count). The average Bonchev–Trinajstić information content (AvgIpc) is 2.37. The Hall–Kier alpha value is -2.31. The predicted octanol–water partition coefficient (Wildman–Crippen LogP) is 2.79. The van der Waals surface area contributed by atoms with Crippen LogP contribution in [0, 0.1) is 0 Å². The molecule has 7 heteroatoms. The number of carbonyl (C=O) groups is 2. The Morgan fingerprint density at radius 1 is 1.43 bits per heavy atom. The van der Waals surface area contributed by atoms with E-state index in [0.29, 0.717) is 0 Å². The van der Waals surface area contributed by atoms with Crippen molar-refractivity contribution in [3.05, 3.63) is 12.3 Å². The molecular weight excluding hydrogens is 274 g/mol. The van der Waals surface area contributed by atoms with Crippen molar-refractivity contribution < 1.29 is 25.9 Å². The molecular formula is C14H21N3O4. The number of nitrogens with one attached hydrogen (secondary N) is 2. The first kappa shape index (κ1) is 10.4. The molecule has 2 amide bonds.